The Labute approximate surface area is 106 Å². The molecule has 1 aromatic heterocycles. The minimum atomic E-state index is -0.224. The van der Waals surface area contributed by atoms with Crippen LogP contribution in [0.3, 0.4) is 0 Å². The van der Waals surface area contributed by atoms with Gasteiger partial charge in [0.25, 0.3) is 5.91 Å². The summed E-state index contributed by atoms with van der Waals surface area (Å²) in [6, 6.07) is 9.97. The van der Waals surface area contributed by atoms with Crippen LogP contribution in [0.1, 0.15) is 10.4 Å². The number of anilines is 1. The lowest BCUT2D eigenvalue weighted by molar-refractivity contribution is 0.102. The Morgan fingerprint density at radius 3 is 2.71 bits per heavy atom. The maximum Gasteiger partial charge on any atom is 0.255 e. The number of carbonyl (C=O) groups excluding carboxylic acids is 1. The van der Waals surface area contributed by atoms with Gasteiger partial charge in [-0.1, -0.05) is 22.0 Å². The molecule has 2 N–H and O–H groups in total. The van der Waals surface area contributed by atoms with Gasteiger partial charge in [0.15, 0.2) is 0 Å². The zero-order chi connectivity index (χ0) is 12.3. The van der Waals surface area contributed by atoms with Crippen LogP contribution in [0.4, 0.5) is 5.69 Å². The average molecular weight is 293 g/mol. The first-order chi connectivity index (χ1) is 8.15. The molecule has 1 heterocycles. The second-order valence-corrected chi connectivity index (χ2v) is 4.32. The number of nitrogens with one attached hydrogen (secondary N) is 2. The van der Waals surface area contributed by atoms with Gasteiger partial charge < -0.3 is 10.3 Å². The number of carbonyl (C=O) groups is 1. The quantitative estimate of drug-likeness (QED) is 0.893. The number of benzene rings is 1. The molecule has 0 atom stereocenters. The molecule has 0 saturated heterocycles. The zero-order valence-electron chi connectivity index (χ0n) is 8.74. The van der Waals surface area contributed by atoms with E-state index in [0.29, 0.717) is 11.3 Å². The van der Waals surface area contributed by atoms with E-state index in [9.17, 15) is 9.59 Å². The van der Waals surface area contributed by atoms with E-state index in [0.717, 1.165) is 4.47 Å². The molecule has 0 unspecified atom stereocenters. The molecular formula is C12H9BrN2O2. The molecule has 0 saturated carbocycles. The van der Waals surface area contributed by atoms with Gasteiger partial charge in [-0.15, -0.1) is 0 Å². The number of amides is 1. The molecule has 0 radical (unpaired) electrons. The van der Waals surface area contributed by atoms with Gasteiger partial charge in [-0.2, -0.15) is 0 Å². The third kappa shape index (κ3) is 3.04. The second-order valence-electron chi connectivity index (χ2n) is 3.41. The first-order valence-electron chi connectivity index (χ1n) is 4.91. The monoisotopic (exact) mass is 292 g/mol. The van der Waals surface area contributed by atoms with Crippen LogP contribution < -0.4 is 10.9 Å². The Morgan fingerprint density at radius 2 is 2.06 bits per heavy atom. The fourth-order valence-electron chi connectivity index (χ4n) is 1.32. The zero-order valence-corrected chi connectivity index (χ0v) is 10.3. The molecule has 0 aliphatic heterocycles. The van der Waals surface area contributed by atoms with Gasteiger partial charge >= 0.3 is 0 Å². The highest BCUT2D eigenvalue weighted by Gasteiger charge is 2.05. The standard InChI is InChI=1S/C12H9BrN2O2/c13-9-3-1-2-8(6-9)12(17)15-10-4-5-11(16)14-7-10/h1-7H,(H,14,16)(H,15,17). The lowest BCUT2D eigenvalue weighted by Crippen LogP contribution is -2.13. The summed E-state index contributed by atoms with van der Waals surface area (Å²) >= 11 is 3.30. The van der Waals surface area contributed by atoms with E-state index >= 15 is 0 Å². The van der Waals surface area contributed by atoms with Gasteiger partial charge in [0.1, 0.15) is 0 Å². The number of aromatic amines is 1. The molecule has 0 fully saturated rings. The lowest BCUT2D eigenvalue weighted by Gasteiger charge is -2.04. The number of hydrogen-bond acceptors (Lipinski definition) is 2. The molecule has 2 aromatic rings. The minimum Gasteiger partial charge on any atom is -0.327 e. The van der Waals surface area contributed by atoms with Crippen LogP contribution in [0.15, 0.2) is 51.9 Å². The molecule has 17 heavy (non-hydrogen) atoms. The van der Waals surface area contributed by atoms with Crippen LogP contribution in [0, 0.1) is 0 Å². The molecule has 5 heteroatoms. The Kier molecular flexibility index (Phi) is 3.39. The Morgan fingerprint density at radius 1 is 1.24 bits per heavy atom. The third-order valence-electron chi connectivity index (χ3n) is 2.13. The van der Waals surface area contributed by atoms with Crippen LogP contribution in [-0.2, 0) is 0 Å². The molecule has 2 rings (SSSR count). The summed E-state index contributed by atoms with van der Waals surface area (Å²) in [6.07, 6.45) is 1.46. The van der Waals surface area contributed by atoms with Crippen LogP contribution in [0.2, 0.25) is 0 Å². The molecular weight excluding hydrogens is 284 g/mol. The fourth-order valence-corrected chi connectivity index (χ4v) is 1.72. The fraction of sp³-hybridized carbons (Fsp3) is 0. The van der Waals surface area contributed by atoms with E-state index in [4.69, 9.17) is 0 Å². The van der Waals surface area contributed by atoms with Crippen LogP contribution >= 0.6 is 15.9 Å². The molecule has 1 aromatic carbocycles. The van der Waals surface area contributed by atoms with Gasteiger partial charge in [0, 0.05) is 22.3 Å². The van der Waals surface area contributed by atoms with E-state index in [1.807, 2.05) is 6.07 Å². The van der Waals surface area contributed by atoms with Crippen molar-refractivity contribution in [3.05, 3.63) is 63.0 Å². The van der Waals surface area contributed by atoms with E-state index < -0.39 is 0 Å². The van der Waals surface area contributed by atoms with Crippen molar-refractivity contribution in [1.29, 1.82) is 0 Å². The molecule has 1 amide bonds. The largest absolute Gasteiger partial charge is 0.327 e. The second kappa shape index (κ2) is 4.97. The Balaban J connectivity index is 2.17. The van der Waals surface area contributed by atoms with Crippen molar-refractivity contribution in [1.82, 2.24) is 4.98 Å². The molecule has 0 bridgehead atoms. The van der Waals surface area contributed by atoms with Crippen molar-refractivity contribution >= 4 is 27.5 Å². The maximum absolute atomic E-state index is 11.8. The summed E-state index contributed by atoms with van der Waals surface area (Å²) in [4.78, 5) is 25.2. The number of rotatable bonds is 2. The molecule has 0 aliphatic rings. The average Bonchev–Trinajstić information content (AvgIpc) is 2.32. The Bertz CT molecular complexity index is 587. The summed E-state index contributed by atoms with van der Waals surface area (Å²) in [5.74, 6) is -0.224. The smallest absolute Gasteiger partial charge is 0.255 e. The van der Waals surface area contributed by atoms with E-state index in [-0.39, 0.29) is 11.5 Å². The minimum absolute atomic E-state index is 0.203. The number of H-pyrrole nitrogens is 1. The van der Waals surface area contributed by atoms with Gasteiger partial charge in [-0.3, -0.25) is 9.59 Å². The molecule has 86 valence electrons. The van der Waals surface area contributed by atoms with E-state index in [1.54, 1.807) is 24.3 Å². The summed E-state index contributed by atoms with van der Waals surface area (Å²) in [5, 5.41) is 2.68. The summed E-state index contributed by atoms with van der Waals surface area (Å²) in [7, 11) is 0. The van der Waals surface area contributed by atoms with Crippen molar-refractivity contribution in [2.45, 2.75) is 0 Å². The number of aromatic nitrogens is 1. The van der Waals surface area contributed by atoms with Crippen molar-refractivity contribution < 1.29 is 4.79 Å². The van der Waals surface area contributed by atoms with E-state index in [2.05, 4.69) is 26.2 Å². The topological polar surface area (TPSA) is 62.0 Å². The third-order valence-corrected chi connectivity index (χ3v) is 2.62. The maximum atomic E-state index is 11.8. The number of pyridine rings is 1. The normalized spacial score (nSPS) is 9.94. The Hall–Kier alpha value is -1.88. The van der Waals surface area contributed by atoms with Gasteiger partial charge in [-0.05, 0) is 24.3 Å². The van der Waals surface area contributed by atoms with Crippen LogP contribution in [-0.4, -0.2) is 10.9 Å². The van der Waals surface area contributed by atoms with E-state index in [1.165, 1.54) is 12.3 Å². The first kappa shape index (κ1) is 11.6. The number of hydrogen-bond donors (Lipinski definition) is 2. The lowest BCUT2D eigenvalue weighted by atomic mass is 10.2. The van der Waals surface area contributed by atoms with Gasteiger partial charge in [-0.25, -0.2) is 0 Å². The van der Waals surface area contributed by atoms with Gasteiger partial charge in [0.05, 0.1) is 5.69 Å². The molecule has 0 aliphatic carbocycles. The van der Waals surface area contributed by atoms with Crippen molar-refractivity contribution in [3.63, 3.8) is 0 Å². The van der Waals surface area contributed by atoms with Crippen molar-refractivity contribution in [3.8, 4) is 0 Å². The predicted molar refractivity (Wildman–Crippen MR) is 69.2 cm³/mol. The predicted octanol–water partition coefficient (Wildman–Crippen LogP) is 2.39. The summed E-state index contributed by atoms with van der Waals surface area (Å²) in [6.45, 7) is 0. The molecule has 0 spiro atoms. The first-order valence-corrected chi connectivity index (χ1v) is 5.70. The van der Waals surface area contributed by atoms with Crippen LogP contribution in [0.5, 0.6) is 0 Å². The SMILES string of the molecule is O=C(Nc1ccc(=O)[nH]c1)c1cccc(Br)c1. The van der Waals surface area contributed by atoms with Crippen LogP contribution in [0.25, 0.3) is 0 Å². The highest BCUT2D eigenvalue weighted by Crippen LogP contribution is 2.13. The summed E-state index contributed by atoms with van der Waals surface area (Å²) in [5.41, 5.74) is 0.894. The van der Waals surface area contributed by atoms with Crippen molar-refractivity contribution in [2.75, 3.05) is 5.32 Å². The van der Waals surface area contributed by atoms with Crippen molar-refractivity contribution in [2.24, 2.45) is 0 Å². The summed E-state index contributed by atoms with van der Waals surface area (Å²) < 4.78 is 0.839. The van der Waals surface area contributed by atoms with Gasteiger partial charge in [0.2, 0.25) is 5.56 Å². The number of halogens is 1. The molecule has 4 nitrogen and oxygen atoms in total. The highest BCUT2D eigenvalue weighted by molar-refractivity contribution is 9.10. The highest BCUT2D eigenvalue weighted by atomic mass is 79.9.